The number of nitrogens with zero attached hydrogens (tertiary/aromatic N) is 6. The van der Waals surface area contributed by atoms with Crippen LogP contribution in [0.3, 0.4) is 0 Å². The number of morpholine rings is 1. The van der Waals surface area contributed by atoms with Gasteiger partial charge in [-0.05, 0) is 55.0 Å². The maximum Gasteiger partial charge on any atom is 0.323 e. The van der Waals surface area contributed by atoms with E-state index in [1.54, 1.807) is 36.8 Å². The number of anilines is 3. The van der Waals surface area contributed by atoms with E-state index in [-0.39, 0.29) is 23.5 Å². The number of hydrogen-bond acceptors (Lipinski definition) is 9. The molecule has 2 N–H and O–H groups in total. The number of halogens is 1. The fourth-order valence-corrected chi connectivity index (χ4v) is 4.77. The van der Waals surface area contributed by atoms with Crippen LogP contribution in [0.4, 0.5) is 26.4 Å². The van der Waals surface area contributed by atoms with Crippen molar-refractivity contribution in [1.82, 2.24) is 24.9 Å². The van der Waals surface area contributed by atoms with E-state index in [0.29, 0.717) is 48.8 Å². The van der Waals surface area contributed by atoms with Gasteiger partial charge in [0.1, 0.15) is 23.4 Å². The molecule has 2 amide bonds. The summed E-state index contributed by atoms with van der Waals surface area (Å²) in [6.07, 6.45) is 6.70. The Bertz CT molecular complexity index is 1800. The van der Waals surface area contributed by atoms with Crippen molar-refractivity contribution in [2.45, 2.75) is 13.3 Å². The Morgan fingerprint density at radius 3 is 2.33 bits per heavy atom. The monoisotopic (exact) mass is 578 g/mol. The summed E-state index contributed by atoms with van der Waals surface area (Å²) in [6, 6.07) is 12.8. The standard InChI is InChI=1S/C31H27FN8O3/c1-19(41)12-21-4-7-25(14-26(21)32)37-31(42)36-24-5-2-20(3-6-24)29-38-27-13-22(23-15-33-18-34-16-23)17-35-28(27)30(39-29)40-8-10-43-11-9-40/h2-7,13-18H,8-12H2,1H3,(H2,36,37,42). The van der Waals surface area contributed by atoms with Gasteiger partial charge in [-0.25, -0.2) is 29.1 Å². The molecule has 5 aromatic rings. The topological polar surface area (TPSA) is 135 Å². The molecule has 1 saturated heterocycles. The second-order valence-corrected chi connectivity index (χ2v) is 10.0. The third-order valence-electron chi connectivity index (χ3n) is 6.87. The van der Waals surface area contributed by atoms with Crippen LogP contribution >= 0.6 is 0 Å². The summed E-state index contributed by atoms with van der Waals surface area (Å²) >= 11 is 0. The molecule has 0 bridgehead atoms. The molecular weight excluding hydrogens is 551 g/mol. The summed E-state index contributed by atoms with van der Waals surface area (Å²) in [5.74, 6) is 0.538. The molecule has 43 heavy (non-hydrogen) atoms. The normalized spacial score (nSPS) is 13.1. The number of ketones is 1. The van der Waals surface area contributed by atoms with Crippen molar-refractivity contribution >= 4 is 40.0 Å². The third-order valence-corrected chi connectivity index (χ3v) is 6.87. The number of nitrogens with one attached hydrogen (secondary N) is 2. The molecule has 0 unspecified atom stereocenters. The molecule has 1 fully saturated rings. The minimum absolute atomic E-state index is 0.000812. The third kappa shape index (κ3) is 6.44. The van der Waals surface area contributed by atoms with Crippen LogP contribution in [0.15, 0.2) is 73.4 Å². The van der Waals surface area contributed by atoms with Gasteiger partial charge in [0.05, 0.1) is 18.7 Å². The number of aromatic nitrogens is 5. The van der Waals surface area contributed by atoms with E-state index in [0.717, 1.165) is 22.5 Å². The molecule has 6 rings (SSSR count). The summed E-state index contributed by atoms with van der Waals surface area (Å²) in [6.45, 7) is 3.95. The highest BCUT2D eigenvalue weighted by Crippen LogP contribution is 2.30. The fraction of sp³-hybridized carbons (Fsp3) is 0.194. The van der Waals surface area contributed by atoms with Gasteiger partial charge in [-0.3, -0.25) is 9.78 Å². The highest BCUT2D eigenvalue weighted by Gasteiger charge is 2.20. The molecule has 0 atom stereocenters. The number of rotatable bonds is 7. The molecule has 2 aromatic carbocycles. The predicted molar refractivity (Wildman–Crippen MR) is 160 cm³/mol. The summed E-state index contributed by atoms with van der Waals surface area (Å²) in [5.41, 5.74) is 4.86. The average Bonchev–Trinajstić information content (AvgIpc) is 3.02. The Morgan fingerprint density at radius 1 is 0.884 bits per heavy atom. The number of carbonyl (C=O) groups is 2. The van der Waals surface area contributed by atoms with E-state index in [1.807, 2.05) is 18.2 Å². The smallest absolute Gasteiger partial charge is 0.323 e. The van der Waals surface area contributed by atoms with Gasteiger partial charge in [0.15, 0.2) is 11.6 Å². The van der Waals surface area contributed by atoms with Crippen molar-refractivity contribution < 1.29 is 18.7 Å². The fourth-order valence-electron chi connectivity index (χ4n) is 4.77. The van der Waals surface area contributed by atoms with E-state index < -0.39 is 11.8 Å². The van der Waals surface area contributed by atoms with Crippen molar-refractivity contribution in [2.24, 2.45) is 0 Å². The lowest BCUT2D eigenvalue weighted by Crippen LogP contribution is -2.37. The Balaban J connectivity index is 1.24. The largest absolute Gasteiger partial charge is 0.378 e. The van der Waals surface area contributed by atoms with E-state index in [4.69, 9.17) is 19.7 Å². The first kappa shape index (κ1) is 27.8. The minimum atomic E-state index is -0.552. The van der Waals surface area contributed by atoms with Gasteiger partial charge >= 0.3 is 6.03 Å². The van der Waals surface area contributed by atoms with Crippen molar-refractivity contribution in [3.63, 3.8) is 0 Å². The maximum absolute atomic E-state index is 14.3. The lowest BCUT2D eigenvalue weighted by atomic mass is 10.1. The molecule has 4 heterocycles. The maximum atomic E-state index is 14.3. The number of benzene rings is 2. The van der Waals surface area contributed by atoms with Gasteiger partial charge in [-0.1, -0.05) is 6.07 Å². The first-order chi connectivity index (χ1) is 20.9. The molecule has 0 aliphatic carbocycles. The number of ether oxygens (including phenoxy) is 1. The van der Waals surface area contributed by atoms with Crippen LogP contribution in [0, 0.1) is 5.82 Å². The van der Waals surface area contributed by atoms with Gasteiger partial charge in [0.2, 0.25) is 0 Å². The molecule has 216 valence electrons. The average molecular weight is 579 g/mol. The van der Waals surface area contributed by atoms with Crippen LogP contribution in [-0.4, -0.2) is 63.0 Å². The Kier molecular flexibility index (Phi) is 7.92. The van der Waals surface area contributed by atoms with Crippen LogP contribution < -0.4 is 15.5 Å². The first-order valence-corrected chi connectivity index (χ1v) is 13.6. The van der Waals surface area contributed by atoms with Crippen LogP contribution in [0.1, 0.15) is 12.5 Å². The molecule has 12 heteroatoms. The number of Topliss-reactive ketones (excluding diaryl/α,β-unsaturated/α-hetero) is 1. The highest BCUT2D eigenvalue weighted by molar-refractivity contribution is 6.00. The molecule has 0 spiro atoms. The predicted octanol–water partition coefficient (Wildman–Crippen LogP) is 4.90. The summed E-state index contributed by atoms with van der Waals surface area (Å²) in [7, 11) is 0. The quantitative estimate of drug-likeness (QED) is 0.276. The van der Waals surface area contributed by atoms with Crippen LogP contribution in [0.5, 0.6) is 0 Å². The highest BCUT2D eigenvalue weighted by atomic mass is 19.1. The lowest BCUT2D eigenvalue weighted by molar-refractivity contribution is -0.116. The van der Waals surface area contributed by atoms with E-state index in [1.165, 1.54) is 25.4 Å². The molecule has 1 aliphatic rings. The van der Waals surface area contributed by atoms with Crippen molar-refractivity contribution in [3.8, 4) is 22.5 Å². The van der Waals surface area contributed by atoms with Crippen LogP contribution in [0.25, 0.3) is 33.5 Å². The van der Waals surface area contributed by atoms with Crippen molar-refractivity contribution in [1.29, 1.82) is 0 Å². The summed E-state index contributed by atoms with van der Waals surface area (Å²) in [5, 5.41) is 5.35. The zero-order chi connectivity index (χ0) is 29.8. The Morgan fingerprint density at radius 2 is 1.60 bits per heavy atom. The molecule has 3 aromatic heterocycles. The van der Waals surface area contributed by atoms with Crippen LogP contribution in [0.2, 0.25) is 0 Å². The second-order valence-electron chi connectivity index (χ2n) is 10.0. The first-order valence-electron chi connectivity index (χ1n) is 13.6. The number of hydrogen-bond donors (Lipinski definition) is 2. The Hall–Kier alpha value is -5.36. The number of carbonyl (C=O) groups excluding carboxylic acids is 2. The van der Waals surface area contributed by atoms with Gasteiger partial charge in [-0.15, -0.1) is 0 Å². The minimum Gasteiger partial charge on any atom is -0.378 e. The van der Waals surface area contributed by atoms with E-state index >= 15 is 0 Å². The lowest BCUT2D eigenvalue weighted by Gasteiger charge is -2.28. The van der Waals surface area contributed by atoms with Crippen LogP contribution in [-0.2, 0) is 16.0 Å². The number of amides is 2. The number of fused-ring (bicyclic) bond motifs is 1. The molecule has 0 radical (unpaired) electrons. The molecule has 11 nitrogen and oxygen atoms in total. The number of pyridine rings is 1. The summed E-state index contributed by atoms with van der Waals surface area (Å²) in [4.78, 5) is 48.7. The van der Waals surface area contributed by atoms with Gasteiger partial charge in [-0.2, -0.15) is 0 Å². The zero-order valence-corrected chi connectivity index (χ0v) is 23.2. The Labute approximate surface area is 246 Å². The van der Waals surface area contributed by atoms with Gasteiger partial charge in [0, 0.05) is 66.2 Å². The van der Waals surface area contributed by atoms with E-state index in [9.17, 15) is 14.0 Å². The SMILES string of the molecule is CC(=O)Cc1ccc(NC(=O)Nc2ccc(-c3nc(N4CCOCC4)c4ncc(-c5cncnc5)cc4n3)cc2)cc1F. The van der Waals surface area contributed by atoms with Gasteiger partial charge in [0.25, 0.3) is 0 Å². The molecular formula is C31H27FN8O3. The van der Waals surface area contributed by atoms with Gasteiger partial charge < -0.3 is 20.3 Å². The summed E-state index contributed by atoms with van der Waals surface area (Å²) < 4.78 is 19.8. The van der Waals surface area contributed by atoms with Crippen molar-refractivity contribution in [3.05, 3.63) is 84.8 Å². The molecule has 1 aliphatic heterocycles. The van der Waals surface area contributed by atoms with Crippen molar-refractivity contribution in [2.75, 3.05) is 41.8 Å². The second kappa shape index (κ2) is 12.2. The molecule has 0 saturated carbocycles. The zero-order valence-electron chi connectivity index (χ0n) is 23.2. The van der Waals surface area contributed by atoms with E-state index in [2.05, 4.69) is 25.5 Å². The number of urea groups is 1.